The Labute approximate surface area is 278 Å². The fourth-order valence-electron chi connectivity index (χ4n) is 5.57. The lowest BCUT2D eigenvalue weighted by Gasteiger charge is -2.17. The first-order valence-corrected chi connectivity index (χ1v) is 15.2. The van der Waals surface area contributed by atoms with Gasteiger partial charge in [0.1, 0.15) is 21.9 Å². The summed E-state index contributed by atoms with van der Waals surface area (Å²) >= 11 is 12.4. The number of halogens is 5. The molecule has 2 aromatic heterocycles. The zero-order valence-corrected chi connectivity index (χ0v) is 26.6. The van der Waals surface area contributed by atoms with E-state index in [1.165, 1.54) is 21.0 Å². The van der Waals surface area contributed by atoms with E-state index in [0.717, 1.165) is 31.7 Å². The number of nitro groups is 2. The molecule has 0 spiro atoms. The molecule has 0 aliphatic carbocycles. The van der Waals surface area contributed by atoms with Gasteiger partial charge in [0.25, 0.3) is 11.1 Å². The highest BCUT2D eigenvalue weighted by atomic mass is 35.5. The molecule has 48 heavy (non-hydrogen) atoms. The molecule has 2 aliphatic heterocycles. The minimum Gasteiger partial charge on any atom is -0.471 e. The van der Waals surface area contributed by atoms with Crippen molar-refractivity contribution in [2.45, 2.75) is 64.9 Å². The van der Waals surface area contributed by atoms with Gasteiger partial charge in [0.15, 0.2) is 11.9 Å². The first-order valence-electron chi connectivity index (χ1n) is 14.5. The third-order valence-corrected chi connectivity index (χ3v) is 8.65. The maximum atomic E-state index is 14.6. The minimum absolute atomic E-state index is 0.0110. The predicted molar refractivity (Wildman–Crippen MR) is 169 cm³/mol. The summed E-state index contributed by atoms with van der Waals surface area (Å²) in [6.07, 6.45) is 7.75. The van der Waals surface area contributed by atoms with Crippen LogP contribution in [0.25, 0.3) is 22.3 Å². The van der Waals surface area contributed by atoms with E-state index in [0.29, 0.717) is 44.4 Å². The van der Waals surface area contributed by atoms with Crippen LogP contribution in [0.4, 0.5) is 24.5 Å². The SMILES string of the molecule is C#CC(C)Oc1cc(-c2c(Cl)n3n(c2=O)CCCC3)c(F)cc1[N+](=O)[O-].O=c1c(-c2cc(F)c([N+](=O)[O-])cc2F)c(Cl)n2n1CCCC2. The van der Waals surface area contributed by atoms with E-state index in [9.17, 15) is 43.0 Å². The lowest BCUT2D eigenvalue weighted by atomic mass is 10.1. The van der Waals surface area contributed by atoms with Crippen molar-refractivity contribution in [1.82, 2.24) is 18.7 Å². The summed E-state index contributed by atoms with van der Waals surface area (Å²) in [4.78, 5) is 45.0. The molecular weight excluding hydrogens is 684 g/mol. The second kappa shape index (κ2) is 13.6. The van der Waals surface area contributed by atoms with Crippen molar-refractivity contribution in [2.75, 3.05) is 0 Å². The number of hydrogen-bond donors (Lipinski definition) is 0. The van der Waals surface area contributed by atoms with Crippen molar-refractivity contribution in [2.24, 2.45) is 0 Å². The van der Waals surface area contributed by atoms with Gasteiger partial charge in [-0.25, -0.2) is 18.1 Å². The third-order valence-electron chi connectivity index (χ3n) is 7.88. The van der Waals surface area contributed by atoms with Crippen LogP contribution < -0.4 is 15.9 Å². The van der Waals surface area contributed by atoms with Gasteiger partial charge in [0.05, 0.1) is 33.1 Å². The van der Waals surface area contributed by atoms with E-state index in [4.69, 9.17) is 34.4 Å². The van der Waals surface area contributed by atoms with Crippen molar-refractivity contribution < 1.29 is 27.8 Å². The maximum absolute atomic E-state index is 14.6. The molecule has 252 valence electrons. The number of rotatable bonds is 6. The maximum Gasteiger partial charge on any atom is 0.313 e. The van der Waals surface area contributed by atoms with Gasteiger partial charge in [-0.3, -0.25) is 39.2 Å². The first-order chi connectivity index (χ1) is 22.8. The van der Waals surface area contributed by atoms with Crippen LogP contribution in [0.5, 0.6) is 5.75 Å². The van der Waals surface area contributed by atoms with Crippen molar-refractivity contribution in [3.63, 3.8) is 0 Å². The molecule has 2 aromatic carbocycles. The summed E-state index contributed by atoms with van der Waals surface area (Å²) in [6, 6.07) is 2.92. The largest absolute Gasteiger partial charge is 0.471 e. The topological polar surface area (TPSA) is 149 Å². The lowest BCUT2D eigenvalue weighted by Crippen LogP contribution is -2.27. The van der Waals surface area contributed by atoms with E-state index < -0.39 is 55.9 Å². The summed E-state index contributed by atoms with van der Waals surface area (Å²) in [7, 11) is 0. The van der Waals surface area contributed by atoms with Crippen molar-refractivity contribution in [3.8, 4) is 40.3 Å². The van der Waals surface area contributed by atoms with E-state index in [-0.39, 0.29) is 38.3 Å². The van der Waals surface area contributed by atoms with Crippen LogP contribution in [-0.2, 0) is 26.2 Å². The first kappa shape index (κ1) is 34.3. The quantitative estimate of drug-likeness (QED) is 0.132. The fourth-order valence-corrected chi connectivity index (χ4v) is 6.29. The Morgan fingerprint density at radius 1 is 0.750 bits per heavy atom. The molecule has 1 unspecified atom stereocenters. The van der Waals surface area contributed by atoms with E-state index >= 15 is 0 Å². The Hall–Kier alpha value is -5.01. The Bertz CT molecular complexity index is 2130. The molecule has 0 amide bonds. The standard InChI is InChI=1S/C17H15ClFN3O4.C13H10ClF2N3O3/c1-3-10(2)26-14-8-11(12(19)9-13(14)22(24)25)15-16(18)20-6-4-5-7-21(20)17(15)23;14-12-11(13(20)18-4-2-1-3-17(12)18)7-5-9(16)10(19(21)22)6-8(7)15/h1,8-10H,4-7H2,2H3;5-6H,1-4H2. The second-order valence-corrected chi connectivity index (χ2v) is 11.6. The highest BCUT2D eigenvalue weighted by Crippen LogP contribution is 2.38. The highest BCUT2D eigenvalue weighted by molar-refractivity contribution is 6.32. The zero-order chi connectivity index (χ0) is 35.0. The Kier molecular flexibility index (Phi) is 9.74. The number of nitrogens with zero attached hydrogens (tertiary/aromatic N) is 6. The van der Waals surface area contributed by atoms with Crippen LogP contribution in [-0.4, -0.2) is 34.7 Å². The smallest absolute Gasteiger partial charge is 0.313 e. The fraction of sp³-hybridized carbons (Fsp3) is 0.333. The molecule has 0 saturated heterocycles. The molecule has 4 heterocycles. The summed E-state index contributed by atoms with van der Waals surface area (Å²) in [5, 5.41) is 21.9. The monoisotopic (exact) mass is 708 g/mol. The average molecular weight is 709 g/mol. The molecule has 4 aromatic rings. The molecule has 0 N–H and O–H groups in total. The Morgan fingerprint density at radius 2 is 1.17 bits per heavy atom. The van der Waals surface area contributed by atoms with Crippen molar-refractivity contribution >= 4 is 34.6 Å². The number of aromatic nitrogens is 4. The van der Waals surface area contributed by atoms with Crippen LogP contribution in [0.15, 0.2) is 33.9 Å². The second-order valence-electron chi connectivity index (χ2n) is 10.9. The minimum atomic E-state index is -1.22. The molecule has 1 atom stereocenters. The van der Waals surface area contributed by atoms with Gasteiger partial charge < -0.3 is 4.74 Å². The molecule has 0 radical (unpaired) electrons. The number of nitro benzene ring substituents is 2. The van der Waals surface area contributed by atoms with Gasteiger partial charge in [0, 0.05) is 37.3 Å². The van der Waals surface area contributed by atoms with Gasteiger partial charge in [-0.2, -0.15) is 4.39 Å². The molecule has 0 fully saturated rings. The Morgan fingerprint density at radius 3 is 1.58 bits per heavy atom. The van der Waals surface area contributed by atoms with Crippen LogP contribution in [0.2, 0.25) is 10.3 Å². The molecule has 18 heteroatoms. The van der Waals surface area contributed by atoms with Crippen molar-refractivity contribution in [3.05, 3.63) is 93.0 Å². The van der Waals surface area contributed by atoms with Crippen molar-refractivity contribution in [1.29, 1.82) is 0 Å². The van der Waals surface area contributed by atoms with Gasteiger partial charge in [-0.05, 0) is 44.7 Å². The van der Waals surface area contributed by atoms with E-state index in [2.05, 4.69) is 5.92 Å². The normalized spacial score (nSPS) is 14.2. The van der Waals surface area contributed by atoms with Crippen LogP contribution >= 0.6 is 23.2 Å². The van der Waals surface area contributed by atoms with Crippen LogP contribution in [0.1, 0.15) is 32.6 Å². The van der Waals surface area contributed by atoms with Gasteiger partial charge in [-0.15, -0.1) is 6.42 Å². The predicted octanol–water partition coefficient (Wildman–Crippen LogP) is 6.16. The number of fused-ring (bicyclic) bond motifs is 2. The summed E-state index contributed by atoms with van der Waals surface area (Å²) in [6.45, 7) is 3.48. The summed E-state index contributed by atoms with van der Waals surface area (Å²) in [5.74, 6) is -1.15. The number of terminal acetylenes is 1. The molecule has 6 rings (SSSR count). The molecule has 13 nitrogen and oxygen atoms in total. The van der Waals surface area contributed by atoms with Crippen LogP contribution in [0, 0.1) is 50.0 Å². The Balaban J connectivity index is 0.000000190. The zero-order valence-electron chi connectivity index (χ0n) is 25.1. The molecule has 0 saturated carbocycles. The van der Waals surface area contributed by atoms with Gasteiger partial charge >= 0.3 is 11.4 Å². The average Bonchev–Trinajstić information content (AvgIpc) is 3.46. The van der Waals surface area contributed by atoms with Gasteiger partial charge in [0.2, 0.25) is 5.82 Å². The van der Waals surface area contributed by atoms with Gasteiger partial charge in [-0.1, -0.05) is 29.1 Å². The highest BCUT2D eigenvalue weighted by Gasteiger charge is 2.29. The van der Waals surface area contributed by atoms with Crippen LogP contribution in [0.3, 0.4) is 0 Å². The number of benzene rings is 2. The summed E-state index contributed by atoms with van der Waals surface area (Å²) < 4.78 is 53.7. The molecular formula is C30H25Cl2F3N6O7. The summed E-state index contributed by atoms with van der Waals surface area (Å²) in [5.41, 5.74) is -3.27. The number of ether oxygens (including phenoxy) is 1. The van der Waals surface area contributed by atoms with E-state index in [1.54, 1.807) is 4.68 Å². The number of hydrogen-bond acceptors (Lipinski definition) is 7. The van der Waals surface area contributed by atoms with E-state index in [1.807, 2.05) is 0 Å². The lowest BCUT2D eigenvalue weighted by molar-refractivity contribution is -0.387. The molecule has 0 bridgehead atoms. The third kappa shape index (κ3) is 6.18. The molecule has 2 aliphatic rings.